The first-order chi connectivity index (χ1) is 10.3. The Morgan fingerprint density at radius 3 is 2.55 bits per heavy atom. The molecule has 0 aliphatic rings. The van der Waals surface area contributed by atoms with Gasteiger partial charge in [-0.05, 0) is 40.6 Å². The van der Waals surface area contributed by atoms with Crippen molar-refractivity contribution in [1.29, 1.82) is 0 Å². The third kappa shape index (κ3) is 2.87. The number of aromatic nitrogens is 1. The molecule has 0 bridgehead atoms. The van der Waals surface area contributed by atoms with Crippen LogP contribution in [0.2, 0.25) is 0 Å². The maximum atomic E-state index is 13.9. The van der Waals surface area contributed by atoms with Gasteiger partial charge in [-0.15, -0.1) is 0 Å². The number of aliphatic hydroxyl groups excluding tert-OH is 1. The highest BCUT2D eigenvalue weighted by Crippen LogP contribution is 2.25. The van der Waals surface area contributed by atoms with E-state index in [-0.39, 0.29) is 27.0 Å². The van der Waals surface area contributed by atoms with Crippen LogP contribution in [0.4, 0.5) is 4.39 Å². The Labute approximate surface area is 139 Å². The molecule has 0 fully saturated rings. The van der Waals surface area contributed by atoms with Crippen LogP contribution < -0.4 is 5.43 Å². The number of benzene rings is 1. The second-order valence-corrected chi connectivity index (χ2v) is 6.52. The molecule has 7 heteroatoms. The highest BCUT2D eigenvalue weighted by Gasteiger charge is 2.22. The van der Waals surface area contributed by atoms with Crippen LogP contribution in [0.1, 0.15) is 30.2 Å². The minimum Gasteiger partial charge on any atom is -0.477 e. The molecule has 5 nitrogen and oxygen atoms in total. The van der Waals surface area contributed by atoms with Crippen molar-refractivity contribution in [3.05, 3.63) is 43.5 Å². The number of carboxylic acids is 1. The summed E-state index contributed by atoms with van der Waals surface area (Å²) >= 11 is 1.75. The number of hydrogen-bond acceptors (Lipinski definition) is 3. The summed E-state index contributed by atoms with van der Waals surface area (Å²) in [4.78, 5) is 23.6. The maximum absolute atomic E-state index is 13.9. The van der Waals surface area contributed by atoms with Gasteiger partial charge in [0.1, 0.15) is 11.4 Å². The van der Waals surface area contributed by atoms with Crippen molar-refractivity contribution >= 4 is 39.5 Å². The van der Waals surface area contributed by atoms with Crippen LogP contribution in [0.25, 0.3) is 10.9 Å². The van der Waals surface area contributed by atoms with E-state index in [1.54, 1.807) is 22.6 Å². The number of rotatable bonds is 4. The molecule has 2 aromatic rings. The zero-order valence-electron chi connectivity index (χ0n) is 12.0. The normalized spacial score (nSPS) is 12.8. The summed E-state index contributed by atoms with van der Waals surface area (Å²) in [7, 11) is 0. The highest BCUT2D eigenvalue weighted by molar-refractivity contribution is 14.1. The van der Waals surface area contributed by atoms with Crippen molar-refractivity contribution < 1.29 is 19.4 Å². The lowest BCUT2D eigenvalue weighted by atomic mass is 10.0. The fourth-order valence-corrected chi connectivity index (χ4v) is 2.86. The Kier molecular flexibility index (Phi) is 4.86. The minimum atomic E-state index is -1.35. The number of aromatic carboxylic acids is 1. The number of fused-ring (bicyclic) bond motifs is 1. The summed E-state index contributed by atoms with van der Waals surface area (Å²) in [6, 6.07) is 2.08. The summed E-state index contributed by atoms with van der Waals surface area (Å²) < 4.78 is 15.6. The van der Waals surface area contributed by atoms with Crippen molar-refractivity contribution in [3.8, 4) is 0 Å². The lowest BCUT2D eigenvalue weighted by Crippen LogP contribution is -2.25. The van der Waals surface area contributed by atoms with E-state index in [9.17, 15) is 24.2 Å². The first-order valence-electron chi connectivity index (χ1n) is 6.66. The summed E-state index contributed by atoms with van der Waals surface area (Å²) in [6.07, 6.45) is 1.18. The quantitative estimate of drug-likeness (QED) is 0.748. The first-order valence-corrected chi connectivity index (χ1v) is 7.73. The molecule has 2 rings (SSSR count). The van der Waals surface area contributed by atoms with Crippen molar-refractivity contribution in [2.75, 3.05) is 6.61 Å². The standard InChI is InChI=1S/C15H15FINO4/c1-7(2)13(6-19)18-5-9(15(21)22)14(20)8-3-11(17)10(16)4-12(8)18/h3-5,7,13,19H,6H2,1-2H3,(H,21,22). The molecule has 22 heavy (non-hydrogen) atoms. The van der Waals surface area contributed by atoms with E-state index >= 15 is 0 Å². The first kappa shape index (κ1) is 16.9. The van der Waals surface area contributed by atoms with E-state index in [4.69, 9.17) is 0 Å². The van der Waals surface area contributed by atoms with Crippen LogP contribution in [0.5, 0.6) is 0 Å². The van der Waals surface area contributed by atoms with E-state index in [0.717, 1.165) is 0 Å². The number of carboxylic acid groups (broad SMARTS) is 1. The Morgan fingerprint density at radius 1 is 1.41 bits per heavy atom. The molecule has 1 aromatic heterocycles. The minimum absolute atomic E-state index is 0.0281. The van der Waals surface area contributed by atoms with Gasteiger partial charge in [0.15, 0.2) is 0 Å². The number of halogens is 2. The second kappa shape index (κ2) is 6.33. The zero-order valence-corrected chi connectivity index (χ0v) is 14.2. The number of pyridine rings is 1. The third-order valence-corrected chi connectivity index (χ3v) is 4.45. The van der Waals surface area contributed by atoms with Gasteiger partial charge >= 0.3 is 5.97 Å². The van der Waals surface area contributed by atoms with Gasteiger partial charge in [0.25, 0.3) is 0 Å². The molecule has 1 aromatic carbocycles. The van der Waals surface area contributed by atoms with Crippen molar-refractivity contribution in [2.24, 2.45) is 5.92 Å². The van der Waals surface area contributed by atoms with Crippen LogP contribution in [-0.4, -0.2) is 27.4 Å². The van der Waals surface area contributed by atoms with Crippen LogP contribution in [0.15, 0.2) is 23.1 Å². The van der Waals surface area contributed by atoms with E-state index < -0.39 is 28.8 Å². The second-order valence-electron chi connectivity index (χ2n) is 5.36. The van der Waals surface area contributed by atoms with E-state index in [2.05, 4.69) is 0 Å². The molecular formula is C15H15FINO4. The van der Waals surface area contributed by atoms with Crippen molar-refractivity contribution in [1.82, 2.24) is 4.57 Å². The van der Waals surface area contributed by atoms with E-state index in [0.29, 0.717) is 0 Å². The van der Waals surface area contributed by atoms with Gasteiger partial charge in [-0.1, -0.05) is 13.8 Å². The number of carbonyl (C=O) groups is 1. The Hall–Kier alpha value is -1.48. The predicted molar refractivity (Wildman–Crippen MR) is 88.8 cm³/mol. The van der Waals surface area contributed by atoms with Gasteiger partial charge in [-0.2, -0.15) is 0 Å². The summed E-state index contributed by atoms with van der Waals surface area (Å²) in [5.41, 5.74) is -0.771. The van der Waals surface area contributed by atoms with Crippen LogP contribution >= 0.6 is 22.6 Å². The van der Waals surface area contributed by atoms with Crippen molar-refractivity contribution in [2.45, 2.75) is 19.9 Å². The fourth-order valence-electron chi connectivity index (χ4n) is 2.39. The number of aliphatic hydroxyl groups is 1. The summed E-state index contributed by atoms with van der Waals surface area (Å²) in [6.45, 7) is 3.46. The smallest absolute Gasteiger partial charge is 0.341 e. The van der Waals surface area contributed by atoms with Gasteiger partial charge in [-0.3, -0.25) is 4.79 Å². The third-order valence-electron chi connectivity index (χ3n) is 3.62. The van der Waals surface area contributed by atoms with Crippen LogP contribution in [0, 0.1) is 15.3 Å². The van der Waals surface area contributed by atoms with Gasteiger partial charge in [0.2, 0.25) is 5.43 Å². The zero-order chi connectivity index (χ0) is 16.6. The molecule has 0 radical (unpaired) electrons. The topological polar surface area (TPSA) is 79.5 Å². The molecule has 0 aliphatic heterocycles. The Morgan fingerprint density at radius 2 is 2.05 bits per heavy atom. The van der Waals surface area contributed by atoms with E-state index in [1.807, 2.05) is 13.8 Å². The molecule has 1 unspecified atom stereocenters. The molecule has 1 atom stereocenters. The largest absolute Gasteiger partial charge is 0.477 e. The molecule has 2 N–H and O–H groups in total. The summed E-state index contributed by atoms with van der Waals surface area (Å²) in [5, 5.41) is 18.9. The van der Waals surface area contributed by atoms with Gasteiger partial charge in [0, 0.05) is 15.2 Å². The maximum Gasteiger partial charge on any atom is 0.341 e. The number of hydrogen-bond donors (Lipinski definition) is 2. The molecule has 1 heterocycles. The molecule has 0 aliphatic carbocycles. The number of nitrogens with zero attached hydrogens (tertiary/aromatic N) is 1. The lowest BCUT2D eigenvalue weighted by molar-refractivity contribution is 0.0694. The van der Waals surface area contributed by atoms with Crippen LogP contribution in [0.3, 0.4) is 0 Å². The van der Waals surface area contributed by atoms with E-state index in [1.165, 1.54) is 22.9 Å². The SMILES string of the molecule is CC(C)C(CO)n1cc(C(=O)O)c(=O)c2cc(I)c(F)cc21. The van der Waals surface area contributed by atoms with Gasteiger partial charge in [0.05, 0.1) is 18.2 Å². The van der Waals surface area contributed by atoms with Gasteiger partial charge < -0.3 is 14.8 Å². The Bertz CT molecular complexity index is 800. The average molecular weight is 419 g/mol. The lowest BCUT2D eigenvalue weighted by Gasteiger charge is -2.24. The average Bonchev–Trinajstić information content (AvgIpc) is 2.43. The molecule has 0 spiro atoms. The molecule has 0 saturated carbocycles. The summed E-state index contributed by atoms with van der Waals surface area (Å²) in [5.74, 6) is -1.87. The van der Waals surface area contributed by atoms with Gasteiger partial charge in [-0.25, -0.2) is 9.18 Å². The molecular weight excluding hydrogens is 404 g/mol. The molecule has 0 saturated heterocycles. The van der Waals surface area contributed by atoms with Crippen molar-refractivity contribution in [3.63, 3.8) is 0 Å². The predicted octanol–water partition coefficient (Wildman–Crippen LogP) is 2.63. The monoisotopic (exact) mass is 419 g/mol. The van der Waals surface area contributed by atoms with Crippen LogP contribution in [-0.2, 0) is 0 Å². The fraction of sp³-hybridized carbons (Fsp3) is 0.333. The Balaban J connectivity index is 2.95. The molecule has 118 valence electrons. The highest BCUT2D eigenvalue weighted by atomic mass is 127. The molecule has 0 amide bonds.